The lowest BCUT2D eigenvalue weighted by Gasteiger charge is -2.10. The lowest BCUT2D eigenvalue weighted by molar-refractivity contribution is 0.479. The largest absolute Gasteiger partial charge is 0.235 e. The molecule has 0 fully saturated rings. The first-order valence-corrected chi connectivity index (χ1v) is 9.42. The summed E-state index contributed by atoms with van der Waals surface area (Å²) in [6, 6.07) is 0.240. The number of hydrogen-bond donors (Lipinski definition) is 0. The molecule has 0 aromatic carbocycles. The van der Waals surface area contributed by atoms with Crippen LogP contribution in [0.15, 0.2) is 4.99 Å². The van der Waals surface area contributed by atoms with Crippen molar-refractivity contribution in [1.29, 1.82) is 0 Å². The van der Waals surface area contributed by atoms with E-state index in [1.54, 1.807) is 6.08 Å². The molecule has 124 valence electrons. The highest BCUT2D eigenvalue weighted by Crippen LogP contribution is 2.16. The average molecular weight is 296 g/mol. The van der Waals surface area contributed by atoms with Crippen LogP contribution in [0.4, 0.5) is 0 Å². The predicted octanol–water partition coefficient (Wildman–Crippen LogP) is 6.58. The molecule has 0 spiro atoms. The Labute approximate surface area is 132 Å². The van der Waals surface area contributed by atoms with Crippen LogP contribution in [0.3, 0.4) is 0 Å². The van der Waals surface area contributed by atoms with Crippen LogP contribution in [0.1, 0.15) is 110 Å². The SMILES string of the molecule is CCCCCCCCCCC(CCCCCCC)N=C=O. The van der Waals surface area contributed by atoms with Gasteiger partial charge in [0.2, 0.25) is 6.08 Å². The molecule has 1 unspecified atom stereocenters. The number of unbranched alkanes of at least 4 members (excludes halogenated alkanes) is 11. The zero-order valence-electron chi connectivity index (χ0n) is 14.5. The normalized spacial score (nSPS) is 12.1. The molecule has 0 N–H and O–H groups in total. The minimum Gasteiger partial charge on any atom is -0.211 e. The molecule has 0 amide bonds. The van der Waals surface area contributed by atoms with Crippen molar-refractivity contribution in [3.63, 3.8) is 0 Å². The Morgan fingerprint density at radius 2 is 1.05 bits per heavy atom. The van der Waals surface area contributed by atoms with E-state index < -0.39 is 0 Å². The van der Waals surface area contributed by atoms with E-state index in [-0.39, 0.29) is 6.04 Å². The van der Waals surface area contributed by atoms with Gasteiger partial charge < -0.3 is 0 Å². The molecule has 0 aliphatic carbocycles. The first kappa shape index (κ1) is 20.4. The molecule has 0 rings (SSSR count). The summed E-state index contributed by atoms with van der Waals surface area (Å²) in [4.78, 5) is 14.5. The summed E-state index contributed by atoms with van der Waals surface area (Å²) >= 11 is 0. The monoisotopic (exact) mass is 295 g/mol. The van der Waals surface area contributed by atoms with Gasteiger partial charge in [-0.15, -0.1) is 0 Å². The summed E-state index contributed by atoms with van der Waals surface area (Å²) in [6.07, 6.45) is 21.1. The van der Waals surface area contributed by atoms with Crippen molar-refractivity contribution in [1.82, 2.24) is 0 Å². The Balaban J connectivity index is 3.49. The molecule has 2 nitrogen and oxygen atoms in total. The Hall–Kier alpha value is -0.620. The van der Waals surface area contributed by atoms with Crippen molar-refractivity contribution >= 4 is 6.08 Å². The third kappa shape index (κ3) is 15.6. The Morgan fingerprint density at radius 3 is 1.43 bits per heavy atom. The van der Waals surface area contributed by atoms with Crippen LogP contribution in [0.25, 0.3) is 0 Å². The summed E-state index contributed by atoms with van der Waals surface area (Å²) in [5.74, 6) is 0. The molecule has 0 radical (unpaired) electrons. The molecule has 0 saturated heterocycles. The summed E-state index contributed by atoms with van der Waals surface area (Å²) in [7, 11) is 0. The van der Waals surface area contributed by atoms with E-state index in [1.807, 2.05) is 0 Å². The first-order chi connectivity index (χ1) is 10.3. The second-order valence-electron chi connectivity index (χ2n) is 6.34. The number of carbonyl (C=O) groups excluding carboxylic acids is 1. The molecule has 0 bridgehead atoms. The van der Waals surface area contributed by atoms with E-state index >= 15 is 0 Å². The van der Waals surface area contributed by atoms with Crippen molar-refractivity contribution in [3.05, 3.63) is 0 Å². The summed E-state index contributed by atoms with van der Waals surface area (Å²) in [6.45, 7) is 4.50. The quantitative estimate of drug-likeness (QED) is 0.179. The van der Waals surface area contributed by atoms with Gasteiger partial charge in [0.25, 0.3) is 0 Å². The summed E-state index contributed by atoms with van der Waals surface area (Å²) < 4.78 is 0. The van der Waals surface area contributed by atoms with Crippen LogP contribution in [0.2, 0.25) is 0 Å². The van der Waals surface area contributed by atoms with Gasteiger partial charge in [0.15, 0.2) is 0 Å². The molecule has 1 atom stereocenters. The van der Waals surface area contributed by atoms with Gasteiger partial charge in [-0.3, -0.25) is 0 Å². The van der Waals surface area contributed by atoms with Crippen molar-refractivity contribution in [2.75, 3.05) is 0 Å². The Morgan fingerprint density at radius 1 is 0.667 bits per heavy atom. The fourth-order valence-corrected chi connectivity index (χ4v) is 2.85. The highest BCUT2D eigenvalue weighted by Gasteiger charge is 2.06. The summed E-state index contributed by atoms with van der Waals surface area (Å²) in [5, 5.41) is 0. The maximum Gasteiger partial charge on any atom is 0.235 e. The first-order valence-electron chi connectivity index (χ1n) is 9.42. The molecule has 0 saturated carbocycles. The van der Waals surface area contributed by atoms with Crippen LogP contribution in [0, 0.1) is 0 Å². The van der Waals surface area contributed by atoms with Gasteiger partial charge in [-0.1, -0.05) is 97.3 Å². The molecular formula is C19H37NO. The maximum absolute atomic E-state index is 10.5. The molecule has 21 heavy (non-hydrogen) atoms. The van der Waals surface area contributed by atoms with E-state index in [2.05, 4.69) is 18.8 Å². The lowest BCUT2D eigenvalue weighted by Crippen LogP contribution is -2.04. The van der Waals surface area contributed by atoms with Gasteiger partial charge in [-0.2, -0.15) is 0 Å². The second kappa shape index (κ2) is 17.4. The highest BCUT2D eigenvalue weighted by atomic mass is 16.1. The van der Waals surface area contributed by atoms with Crippen LogP contribution < -0.4 is 0 Å². The number of isocyanates is 1. The molecule has 0 aromatic rings. The van der Waals surface area contributed by atoms with Gasteiger partial charge in [0, 0.05) is 0 Å². The fourth-order valence-electron chi connectivity index (χ4n) is 2.85. The van der Waals surface area contributed by atoms with Crippen molar-refractivity contribution in [2.24, 2.45) is 4.99 Å². The highest BCUT2D eigenvalue weighted by molar-refractivity contribution is 5.33. The average Bonchev–Trinajstić information content (AvgIpc) is 2.49. The van der Waals surface area contributed by atoms with E-state index in [0.717, 1.165) is 12.8 Å². The number of hydrogen-bond acceptors (Lipinski definition) is 2. The predicted molar refractivity (Wildman–Crippen MR) is 92.5 cm³/mol. The van der Waals surface area contributed by atoms with E-state index in [4.69, 9.17) is 0 Å². The minimum atomic E-state index is 0.240. The molecular weight excluding hydrogens is 258 g/mol. The fraction of sp³-hybridized carbons (Fsp3) is 0.947. The molecule has 0 heterocycles. The van der Waals surface area contributed by atoms with Crippen molar-refractivity contribution in [3.8, 4) is 0 Å². The number of aliphatic imine (C=N–C) groups is 1. The summed E-state index contributed by atoms with van der Waals surface area (Å²) in [5.41, 5.74) is 0. The molecule has 0 aliphatic heterocycles. The standard InChI is InChI=1S/C19H37NO/c1-3-5-7-9-10-11-13-15-17-19(20-18-21)16-14-12-8-6-4-2/h19H,3-17H2,1-2H3. The third-order valence-electron chi connectivity index (χ3n) is 4.27. The zero-order valence-corrected chi connectivity index (χ0v) is 14.5. The Kier molecular flexibility index (Phi) is 16.9. The van der Waals surface area contributed by atoms with Crippen molar-refractivity contribution in [2.45, 2.75) is 116 Å². The molecule has 2 heteroatoms. The third-order valence-corrected chi connectivity index (χ3v) is 4.27. The van der Waals surface area contributed by atoms with Crippen LogP contribution in [-0.4, -0.2) is 12.1 Å². The minimum absolute atomic E-state index is 0.240. The second-order valence-corrected chi connectivity index (χ2v) is 6.34. The van der Waals surface area contributed by atoms with Gasteiger partial charge in [0.05, 0.1) is 6.04 Å². The van der Waals surface area contributed by atoms with Crippen LogP contribution in [0.5, 0.6) is 0 Å². The van der Waals surface area contributed by atoms with Crippen LogP contribution in [-0.2, 0) is 4.79 Å². The topological polar surface area (TPSA) is 29.4 Å². The van der Waals surface area contributed by atoms with Gasteiger partial charge in [-0.05, 0) is 12.8 Å². The zero-order chi connectivity index (χ0) is 15.6. The van der Waals surface area contributed by atoms with E-state index in [1.165, 1.54) is 83.5 Å². The van der Waals surface area contributed by atoms with E-state index in [0.29, 0.717) is 0 Å². The van der Waals surface area contributed by atoms with Gasteiger partial charge in [0.1, 0.15) is 0 Å². The number of rotatable bonds is 16. The van der Waals surface area contributed by atoms with Crippen molar-refractivity contribution < 1.29 is 4.79 Å². The molecule has 0 aliphatic rings. The lowest BCUT2D eigenvalue weighted by atomic mass is 10.0. The number of nitrogens with zero attached hydrogens (tertiary/aromatic N) is 1. The Bertz CT molecular complexity index is 246. The van der Waals surface area contributed by atoms with Gasteiger partial charge >= 0.3 is 0 Å². The maximum atomic E-state index is 10.5. The molecule has 0 aromatic heterocycles. The smallest absolute Gasteiger partial charge is 0.211 e. The van der Waals surface area contributed by atoms with Crippen LogP contribution >= 0.6 is 0 Å². The van der Waals surface area contributed by atoms with E-state index in [9.17, 15) is 4.79 Å². The van der Waals surface area contributed by atoms with Gasteiger partial charge in [-0.25, -0.2) is 9.79 Å².